The van der Waals surface area contributed by atoms with Gasteiger partial charge in [0.25, 0.3) is 12.9 Å². The molecule has 0 aromatic heterocycles. The number of rotatable bonds is 5. The van der Waals surface area contributed by atoms with Crippen LogP contribution in [-0.2, 0) is 17.8 Å². The summed E-state index contributed by atoms with van der Waals surface area (Å²) in [5, 5.41) is 2.32. The summed E-state index contributed by atoms with van der Waals surface area (Å²) >= 11 is 5.68. The van der Waals surface area contributed by atoms with E-state index in [-0.39, 0.29) is 33.2 Å². The second-order valence-corrected chi connectivity index (χ2v) is 9.24. The number of carbonyl (C=O) groups is 1. The fourth-order valence-electron chi connectivity index (χ4n) is 2.50. The highest BCUT2D eigenvalue weighted by Crippen LogP contribution is 2.31. The second-order valence-electron chi connectivity index (χ2n) is 7.53. The molecule has 2 rings (SSSR count). The van der Waals surface area contributed by atoms with E-state index in [1.165, 1.54) is 24.3 Å². The fourth-order valence-corrected chi connectivity index (χ4v) is 3.19. The number of carbonyl (C=O) groups excluding carboxylic acids is 1. The van der Waals surface area contributed by atoms with Crippen molar-refractivity contribution < 1.29 is 35.9 Å². The maximum atomic E-state index is 13.6. The van der Waals surface area contributed by atoms with Gasteiger partial charge in [0.05, 0.1) is 20.1 Å². The van der Waals surface area contributed by atoms with Gasteiger partial charge in [-0.05, 0) is 75.9 Å². The summed E-state index contributed by atoms with van der Waals surface area (Å²) in [5.74, 6) is -1.96. The summed E-state index contributed by atoms with van der Waals surface area (Å²) in [6.07, 6.45) is -6.56. The minimum absolute atomic E-state index is 0.00607. The molecular formula is C21H22Br2F6N2O2. The molecule has 0 bridgehead atoms. The maximum Gasteiger partial charge on any atom is 0.407 e. The van der Waals surface area contributed by atoms with Crippen LogP contribution in [0.3, 0.4) is 0 Å². The lowest BCUT2D eigenvalue weighted by molar-refractivity contribution is 0.0522. The van der Waals surface area contributed by atoms with E-state index in [0.717, 1.165) is 0 Å². The largest absolute Gasteiger partial charge is 0.444 e. The van der Waals surface area contributed by atoms with Crippen LogP contribution in [0, 0.1) is 11.6 Å². The summed E-state index contributed by atoms with van der Waals surface area (Å²) in [4.78, 5) is 11.4. The lowest BCUT2D eigenvalue weighted by atomic mass is 10.1. The Hall–Kier alpha value is -1.79. The number of benzene rings is 2. The highest BCUT2D eigenvalue weighted by atomic mass is 79.9. The molecule has 0 aliphatic carbocycles. The van der Waals surface area contributed by atoms with Crippen molar-refractivity contribution >= 4 is 38.0 Å². The third kappa shape index (κ3) is 8.82. The van der Waals surface area contributed by atoms with E-state index in [2.05, 4.69) is 37.2 Å². The molecule has 12 heteroatoms. The zero-order valence-corrected chi connectivity index (χ0v) is 21.0. The molecule has 0 spiro atoms. The molecule has 0 aliphatic heterocycles. The Kier molecular flexibility index (Phi) is 11.2. The van der Waals surface area contributed by atoms with Gasteiger partial charge in [0.2, 0.25) is 0 Å². The van der Waals surface area contributed by atoms with Gasteiger partial charge in [-0.25, -0.2) is 31.1 Å². The van der Waals surface area contributed by atoms with Crippen LogP contribution in [0.5, 0.6) is 0 Å². The molecule has 0 saturated carbocycles. The number of halogens is 8. The molecule has 4 nitrogen and oxygen atoms in total. The van der Waals surface area contributed by atoms with Crippen LogP contribution in [0.25, 0.3) is 0 Å². The van der Waals surface area contributed by atoms with E-state index in [9.17, 15) is 31.1 Å². The monoisotopic (exact) mass is 606 g/mol. The summed E-state index contributed by atoms with van der Waals surface area (Å²) < 4.78 is 82.1. The van der Waals surface area contributed by atoms with Crippen LogP contribution in [0.2, 0.25) is 0 Å². The van der Waals surface area contributed by atoms with Crippen molar-refractivity contribution in [2.75, 3.05) is 0 Å². The SMILES string of the molecule is CC(C)(C)OC(=O)NCc1ccc(Br)c(F)c1C(F)F.NCc1ccc(Br)c(F)c1C(F)F. The predicted octanol–water partition coefficient (Wildman–Crippen LogP) is 7.54. The topological polar surface area (TPSA) is 64.3 Å². The van der Waals surface area contributed by atoms with Gasteiger partial charge in [-0.2, -0.15) is 0 Å². The number of ether oxygens (including phenoxy) is 1. The van der Waals surface area contributed by atoms with Crippen LogP contribution in [0.15, 0.2) is 33.2 Å². The van der Waals surface area contributed by atoms with Gasteiger partial charge in [0, 0.05) is 13.1 Å². The minimum atomic E-state index is -2.97. The summed E-state index contributed by atoms with van der Waals surface area (Å²) in [7, 11) is 0. The Morgan fingerprint density at radius 1 is 0.939 bits per heavy atom. The van der Waals surface area contributed by atoms with Crippen LogP contribution >= 0.6 is 31.9 Å². The number of hydrogen-bond donors (Lipinski definition) is 2. The van der Waals surface area contributed by atoms with E-state index >= 15 is 0 Å². The number of nitrogens with one attached hydrogen (secondary N) is 1. The van der Waals surface area contributed by atoms with Gasteiger partial charge in [-0.3, -0.25) is 0 Å². The van der Waals surface area contributed by atoms with Gasteiger partial charge in [0.1, 0.15) is 17.2 Å². The smallest absolute Gasteiger partial charge is 0.407 e. The Balaban J connectivity index is 0.000000361. The van der Waals surface area contributed by atoms with Crippen molar-refractivity contribution in [2.24, 2.45) is 5.73 Å². The van der Waals surface area contributed by atoms with E-state index in [0.29, 0.717) is 0 Å². The molecule has 0 radical (unpaired) electrons. The summed E-state index contributed by atoms with van der Waals surface area (Å²) in [6, 6.07) is 5.39. The molecule has 0 aliphatic rings. The molecule has 2 aromatic rings. The molecule has 0 atom stereocenters. The lowest BCUT2D eigenvalue weighted by Gasteiger charge is -2.20. The van der Waals surface area contributed by atoms with Crippen LogP contribution in [0.1, 0.15) is 55.9 Å². The number of alkyl carbamates (subject to hydrolysis) is 1. The fraction of sp³-hybridized carbons (Fsp3) is 0.381. The molecule has 33 heavy (non-hydrogen) atoms. The first-order chi connectivity index (χ1) is 15.2. The van der Waals surface area contributed by atoms with E-state index < -0.39 is 47.3 Å². The molecule has 0 unspecified atom stereocenters. The average molecular weight is 608 g/mol. The first-order valence-electron chi connectivity index (χ1n) is 9.36. The number of nitrogens with two attached hydrogens (primary N) is 1. The highest BCUT2D eigenvalue weighted by molar-refractivity contribution is 9.10. The minimum Gasteiger partial charge on any atom is -0.444 e. The second kappa shape index (κ2) is 12.6. The van der Waals surface area contributed by atoms with Gasteiger partial charge in [-0.1, -0.05) is 12.1 Å². The predicted molar refractivity (Wildman–Crippen MR) is 119 cm³/mol. The Labute approximate surface area is 204 Å². The first kappa shape index (κ1) is 29.2. The van der Waals surface area contributed by atoms with E-state index in [1.54, 1.807) is 20.8 Å². The Bertz CT molecular complexity index is 969. The third-order valence-corrected chi connectivity index (χ3v) is 5.15. The van der Waals surface area contributed by atoms with Gasteiger partial charge in [-0.15, -0.1) is 0 Å². The third-order valence-electron chi connectivity index (χ3n) is 3.92. The lowest BCUT2D eigenvalue weighted by Crippen LogP contribution is -2.32. The van der Waals surface area contributed by atoms with Crippen molar-refractivity contribution in [3.8, 4) is 0 Å². The van der Waals surface area contributed by atoms with Gasteiger partial charge in [0.15, 0.2) is 0 Å². The molecule has 0 heterocycles. The maximum absolute atomic E-state index is 13.6. The van der Waals surface area contributed by atoms with Gasteiger partial charge < -0.3 is 15.8 Å². The Morgan fingerprint density at radius 3 is 1.76 bits per heavy atom. The molecule has 0 fully saturated rings. The number of amides is 1. The zero-order chi connectivity index (χ0) is 25.5. The highest BCUT2D eigenvalue weighted by Gasteiger charge is 2.22. The van der Waals surface area contributed by atoms with E-state index in [4.69, 9.17) is 10.5 Å². The standard InChI is InChI=1S/C13H15BrF3NO2.C8H7BrF3N/c1-13(2,3)20-12(19)18-6-7-4-5-8(14)10(15)9(7)11(16)17;9-5-2-1-4(3-13)6(7(5)10)8(11)12/h4-5,11H,6H2,1-3H3,(H,18,19);1-2,8H,3,13H2. The average Bonchev–Trinajstić information content (AvgIpc) is 2.69. The number of hydrogen-bond acceptors (Lipinski definition) is 3. The summed E-state index contributed by atoms with van der Waals surface area (Å²) in [5.41, 5.74) is 3.30. The molecule has 3 N–H and O–H groups in total. The molecular weight excluding hydrogens is 586 g/mol. The van der Waals surface area contributed by atoms with Crippen LogP contribution < -0.4 is 11.1 Å². The van der Waals surface area contributed by atoms with Crippen LogP contribution in [-0.4, -0.2) is 11.7 Å². The zero-order valence-electron chi connectivity index (χ0n) is 17.8. The van der Waals surface area contributed by atoms with Gasteiger partial charge >= 0.3 is 6.09 Å². The first-order valence-corrected chi connectivity index (χ1v) is 10.9. The van der Waals surface area contributed by atoms with Crippen molar-refractivity contribution in [1.29, 1.82) is 0 Å². The van der Waals surface area contributed by atoms with Crippen molar-refractivity contribution in [3.63, 3.8) is 0 Å². The molecule has 1 amide bonds. The molecule has 184 valence electrons. The number of alkyl halides is 4. The normalized spacial score (nSPS) is 11.3. The quantitative estimate of drug-likeness (QED) is 0.345. The van der Waals surface area contributed by atoms with Crippen molar-refractivity contribution in [1.82, 2.24) is 5.32 Å². The molecule has 0 saturated heterocycles. The van der Waals surface area contributed by atoms with Crippen molar-refractivity contribution in [3.05, 3.63) is 67.1 Å². The molecule has 2 aromatic carbocycles. The summed E-state index contributed by atoms with van der Waals surface area (Å²) in [6.45, 7) is 4.70. The van der Waals surface area contributed by atoms with Crippen molar-refractivity contribution in [2.45, 2.75) is 52.3 Å². The van der Waals surface area contributed by atoms with E-state index in [1.807, 2.05) is 0 Å². The Morgan fingerprint density at radius 2 is 1.36 bits per heavy atom. The van der Waals surface area contributed by atoms with Crippen LogP contribution in [0.4, 0.5) is 31.1 Å².